The number of hydrogen-bond acceptors (Lipinski definition) is 3. The van der Waals surface area contributed by atoms with Gasteiger partial charge in [-0.05, 0) is 18.2 Å². The number of carbonyl (C=O) groups excluding carboxylic acids is 1. The number of nitrogens with zero attached hydrogens (tertiary/aromatic N) is 1. The molecule has 1 amide bonds. The van der Waals surface area contributed by atoms with E-state index in [0.717, 1.165) is 26.2 Å². The second-order valence-electron chi connectivity index (χ2n) is 4.20. The average molecular weight is 272 g/mol. The molecule has 0 bridgehead atoms. The van der Waals surface area contributed by atoms with Crippen molar-refractivity contribution in [3.05, 3.63) is 29.0 Å². The fourth-order valence-electron chi connectivity index (χ4n) is 1.85. The first-order valence-corrected chi connectivity index (χ1v) is 6.21. The number of anilines is 1. The van der Waals surface area contributed by atoms with Crippen molar-refractivity contribution in [1.82, 2.24) is 10.2 Å². The van der Waals surface area contributed by atoms with Crippen molar-refractivity contribution in [2.75, 3.05) is 38.0 Å². The molecule has 0 atom stereocenters. The van der Waals surface area contributed by atoms with Gasteiger partial charge in [-0.3, -0.25) is 9.69 Å². The van der Waals surface area contributed by atoms with E-state index in [9.17, 15) is 9.18 Å². The van der Waals surface area contributed by atoms with Gasteiger partial charge in [-0.25, -0.2) is 4.39 Å². The molecular formula is C12H15ClFN3O. The molecule has 2 N–H and O–H groups in total. The molecule has 0 saturated carbocycles. The maximum Gasteiger partial charge on any atom is 0.238 e. The van der Waals surface area contributed by atoms with E-state index in [2.05, 4.69) is 10.6 Å². The zero-order chi connectivity index (χ0) is 13.0. The number of benzene rings is 1. The summed E-state index contributed by atoms with van der Waals surface area (Å²) >= 11 is 5.64. The Hall–Kier alpha value is -1.17. The van der Waals surface area contributed by atoms with Crippen LogP contribution in [0.5, 0.6) is 0 Å². The van der Waals surface area contributed by atoms with Crippen LogP contribution in [-0.4, -0.2) is 43.5 Å². The Bertz CT molecular complexity index is 435. The van der Waals surface area contributed by atoms with Crippen LogP contribution in [0.4, 0.5) is 10.1 Å². The Kier molecular flexibility index (Phi) is 4.52. The molecule has 4 nitrogen and oxygen atoms in total. The third kappa shape index (κ3) is 3.66. The predicted octanol–water partition coefficient (Wildman–Crippen LogP) is 1.32. The van der Waals surface area contributed by atoms with Gasteiger partial charge in [0.15, 0.2) is 0 Å². The molecule has 18 heavy (non-hydrogen) atoms. The van der Waals surface area contributed by atoms with Crippen LogP contribution in [0.15, 0.2) is 18.2 Å². The molecule has 1 aliphatic rings. The Morgan fingerprint density at radius 1 is 1.44 bits per heavy atom. The Morgan fingerprint density at radius 2 is 2.17 bits per heavy atom. The van der Waals surface area contributed by atoms with E-state index in [0.29, 0.717) is 5.02 Å². The highest BCUT2D eigenvalue weighted by Gasteiger charge is 2.14. The van der Waals surface area contributed by atoms with Crippen molar-refractivity contribution < 1.29 is 9.18 Å². The Morgan fingerprint density at radius 3 is 2.83 bits per heavy atom. The number of amides is 1. The number of piperazine rings is 1. The van der Waals surface area contributed by atoms with E-state index >= 15 is 0 Å². The molecule has 1 saturated heterocycles. The second-order valence-corrected chi connectivity index (χ2v) is 4.63. The Labute approximate surface area is 110 Å². The van der Waals surface area contributed by atoms with Crippen molar-refractivity contribution in [2.24, 2.45) is 0 Å². The molecule has 0 aromatic heterocycles. The molecule has 0 unspecified atom stereocenters. The number of rotatable bonds is 3. The third-order valence-corrected chi connectivity index (χ3v) is 3.02. The minimum absolute atomic E-state index is 0.166. The van der Waals surface area contributed by atoms with Crippen LogP contribution in [0.3, 0.4) is 0 Å². The summed E-state index contributed by atoms with van der Waals surface area (Å²) in [5, 5.41) is 6.07. The number of halogens is 2. The summed E-state index contributed by atoms with van der Waals surface area (Å²) in [5.41, 5.74) is 0.166. The molecule has 1 heterocycles. The van der Waals surface area contributed by atoms with Crippen LogP contribution in [0.2, 0.25) is 5.02 Å². The lowest BCUT2D eigenvalue weighted by Crippen LogP contribution is -2.46. The van der Waals surface area contributed by atoms with Gasteiger partial charge < -0.3 is 10.6 Å². The van der Waals surface area contributed by atoms with E-state index in [1.165, 1.54) is 12.1 Å². The summed E-state index contributed by atoms with van der Waals surface area (Å²) in [5.74, 6) is -0.728. The van der Waals surface area contributed by atoms with Crippen LogP contribution in [0.25, 0.3) is 0 Å². The van der Waals surface area contributed by atoms with Crippen LogP contribution >= 0.6 is 11.6 Å². The van der Waals surface area contributed by atoms with E-state index in [-0.39, 0.29) is 18.1 Å². The summed E-state index contributed by atoms with van der Waals surface area (Å²) in [6, 6.07) is 4.19. The number of carbonyl (C=O) groups is 1. The minimum Gasteiger partial charge on any atom is -0.322 e. The lowest BCUT2D eigenvalue weighted by Gasteiger charge is -2.26. The van der Waals surface area contributed by atoms with Crippen molar-refractivity contribution in [2.45, 2.75) is 0 Å². The number of nitrogens with one attached hydrogen (secondary N) is 2. The van der Waals surface area contributed by atoms with E-state index in [4.69, 9.17) is 11.6 Å². The fraction of sp³-hybridized carbons (Fsp3) is 0.417. The molecule has 98 valence electrons. The fourth-order valence-corrected chi connectivity index (χ4v) is 2.01. The van der Waals surface area contributed by atoms with Crippen molar-refractivity contribution in [3.63, 3.8) is 0 Å². The van der Waals surface area contributed by atoms with Gasteiger partial charge in [0.2, 0.25) is 5.91 Å². The first kappa shape index (κ1) is 13.3. The lowest BCUT2D eigenvalue weighted by atomic mass is 10.3. The standard InChI is InChI=1S/C12H15ClFN3O/c13-9-1-2-11(10(14)7-9)16-12(18)8-17-5-3-15-4-6-17/h1-2,7,15H,3-6,8H2,(H,16,18). The van der Waals surface area contributed by atoms with Gasteiger partial charge in [0, 0.05) is 31.2 Å². The van der Waals surface area contributed by atoms with E-state index in [1.807, 2.05) is 4.90 Å². The second kappa shape index (κ2) is 6.13. The Balaban J connectivity index is 1.90. The van der Waals surface area contributed by atoms with E-state index < -0.39 is 5.82 Å². The molecule has 0 radical (unpaired) electrons. The van der Waals surface area contributed by atoms with E-state index in [1.54, 1.807) is 6.07 Å². The molecule has 1 aromatic carbocycles. The van der Waals surface area contributed by atoms with Gasteiger partial charge in [0.1, 0.15) is 5.82 Å². The zero-order valence-corrected chi connectivity index (χ0v) is 10.6. The maximum atomic E-state index is 13.5. The molecule has 6 heteroatoms. The van der Waals surface area contributed by atoms with Crippen molar-refractivity contribution in [1.29, 1.82) is 0 Å². The van der Waals surface area contributed by atoms with Gasteiger partial charge in [0.05, 0.1) is 12.2 Å². The third-order valence-electron chi connectivity index (χ3n) is 2.78. The molecule has 0 spiro atoms. The molecular weight excluding hydrogens is 257 g/mol. The largest absolute Gasteiger partial charge is 0.322 e. The highest BCUT2D eigenvalue weighted by Crippen LogP contribution is 2.18. The SMILES string of the molecule is O=C(CN1CCNCC1)Nc1ccc(Cl)cc1F. The topological polar surface area (TPSA) is 44.4 Å². The summed E-state index contributed by atoms with van der Waals surface area (Å²) in [7, 11) is 0. The van der Waals surface area contributed by atoms with Gasteiger partial charge >= 0.3 is 0 Å². The molecule has 1 aromatic rings. The minimum atomic E-state index is -0.517. The molecule has 0 aliphatic carbocycles. The predicted molar refractivity (Wildman–Crippen MR) is 69.3 cm³/mol. The van der Waals surface area contributed by atoms with Crippen LogP contribution in [-0.2, 0) is 4.79 Å². The van der Waals surface area contributed by atoms with Crippen LogP contribution in [0, 0.1) is 5.82 Å². The monoisotopic (exact) mass is 271 g/mol. The highest BCUT2D eigenvalue weighted by molar-refractivity contribution is 6.30. The van der Waals surface area contributed by atoms with Gasteiger partial charge in [-0.2, -0.15) is 0 Å². The summed E-state index contributed by atoms with van der Waals surface area (Å²) in [6.07, 6.45) is 0. The van der Waals surface area contributed by atoms with Crippen molar-refractivity contribution >= 4 is 23.2 Å². The lowest BCUT2D eigenvalue weighted by molar-refractivity contribution is -0.117. The smallest absolute Gasteiger partial charge is 0.238 e. The van der Waals surface area contributed by atoms with Crippen LogP contribution < -0.4 is 10.6 Å². The van der Waals surface area contributed by atoms with Gasteiger partial charge in [-0.15, -0.1) is 0 Å². The summed E-state index contributed by atoms with van der Waals surface area (Å²) in [4.78, 5) is 13.8. The summed E-state index contributed by atoms with van der Waals surface area (Å²) < 4.78 is 13.5. The van der Waals surface area contributed by atoms with Gasteiger partial charge in [-0.1, -0.05) is 11.6 Å². The molecule has 1 fully saturated rings. The average Bonchev–Trinajstić information content (AvgIpc) is 2.34. The first-order valence-electron chi connectivity index (χ1n) is 5.83. The van der Waals surface area contributed by atoms with Gasteiger partial charge in [0.25, 0.3) is 0 Å². The molecule has 2 rings (SSSR count). The van der Waals surface area contributed by atoms with Crippen molar-refractivity contribution in [3.8, 4) is 0 Å². The normalized spacial score (nSPS) is 16.6. The highest BCUT2D eigenvalue weighted by atomic mass is 35.5. The first-order chi connectivity index (χ1) is 8.65. The maximum absolute atomic E-state index is 13.5. The summed E-state index contributed by atoms with van der Waals surface area (Å²) in [6.45, 7) is 3.70. The quantitative estimate of drug-likeness (QED) is 0.872. The molecule has 1 aliphatic heterocycles. The van der Waals surface area contributed by atoms with Crippen LogP contribution in [0.1, 0.15) is 0 Å². The zero-order valence-electron chi connectivity index (χ0n) is 9.88. The number of hydrogen-bond donors (Lipinski definition) is 2.